The van der Waals surface area contributed by atoms with Gasteiger partial charge in [-0.25, -0.2) is 4.79 Å². The summed E-state index contributed by atoms with van der Waals surface area (Å²) in [6.07, 6.45) is 0. The first kappa shape index (κ1) is 16.3. The quantitative estimate of drug-likeness (QED) is 0.672. The van der Waals surface area contributed by atoms with Gasteiger partial charge in [-0.2, -0.15) is 11.3 Å². The summed E-state index contributed by atoms with van der Waals surface area (Å²) >= 11 is 7.33. The Kier molecular flexibility index (Phi) is 5.41. The van der Waals surface area contributed by atoms with Crippen molar-refractivity contribution in [2.45, 2.75) is 6.54 Å². The van der Waals surface area contributed by atoms with Crippen molar-refractivity contribution in [3.05, 3.63) is 51.2 Å². The average molecular weight is 339 g/mol. The van der Waals surface area contributed by atoms with E-state index in [1.54, 1.807) is 24.5 Å². The maximum atomic E-state index is 11.9. The molecular weight excluding hydrogens is 324 g/mol. The molecule has 0 aliphatic carbocycles. The third kappa shape index (κ3) is 4.22. The number of thiophene rings is 1. The monoisotopic (exact) mass is 338 g/mol. The number of esters is 1. The van der Waals surface area contributed by atoms with Crippen LogP contribution in [0.25, 0.3) is 0 Å². The Hall–Kier alpha value is -2.05. The summed E-state index contributed by atoms with van der Waals surface area (Å²) in [5, 5.41) is 4.34. The van der Waals surface area contributed by atoms with Gasteiger partial charge in [-0.15, -0.1) is 0 Å². The first-order valence-corrected chi connectivity index (χ1v) is 7.76. The zero-order valence-corrected chi connectivity index (χ0v) is 13.5. The molecule has 2 rings (SSSR count). The van der Waals surface area contributed by atoms with Gasteiger partial charge in [0.2, 0.25) is 0 Å². The topological polar surface area (TPSA) is 72.6 Å². The van der Waals surface area contributed by atoms with Crippen molar-refractivity contribution in [1.82, 2.24) is 4.90 Å². The second-order valence-electron chi connectivity index (χ2n) is 4.69. The van der Waals surface area contributed by atoms with Gasteiger partial charge in [0.05, 0.1) is 5.56 Å². The van der Waals surface area contributed by atoms with Crippen LogP contribution in [0.1, 0.15) is 15.9 Å². The highest BCUT2D eigenvalue weighted by molar-refractivity contribution is 7.07. The zero-order valence-electron chi connectivity index (χ0n) is 11.9. The highest BCUT2D eigenvalue weighted by Gasteiger charge is 2.16. The lowest BCUT2D eigenvalue weighted by Crippen LogP contribution is -2.30. The number of carbonyl (C=O) groups is 2. The number of rotatable bonds is 5. The first-order chi connectivity index (χ1) is 10.5. The largest absolute Gasteiger partial charge is 0.452 e. The molecule has 0 radical (unpaired) electrons. The molecular formula is C15H15ClN2O3S. The normalized spacial score (nSPS) is 10.3. The molecule has 0 saturated carbocycles. The molecule has 0 aliphatic rings. The number of carbonyl (C=O) groups excluding carboxylic acids is 2. The van der Waals surface area contributed by atoms with E-state index >= 15 is 0 Å². The number of nitrogen functional groups attached to an aromatic ring is 1. The van der Waals surface area contributed by atoms with Crippen LogP contribution < -0.4 is 5.73 Å². The summed E-state index contributed by atoms with van der Waals surface area (Å²) in [6, 6.07) is 6.41. The van der Waals surface area contributed by atoms with Crippen LogP contribution in [0, 0.1) is 0 Å². The molecule has 116 valence electrons. The third-order valence-corrected chi connectivity index (χ3v) is 3.95. The summed E-state index contributed by atoms with van der Waals surface area (Å²) in [7, 11) is 1.66. The molecule has 0 fully saturated rings. The molecule has 0 aliphatic heterocycles. The molecule has 0 unspecified atom stereocenters. The molecule has 0 atom stereocenters. The minimum absolute atomic E-state index is 0.192. The molecule has 2 N–H and O–H groups in total. The number of nitrogens with two attached hydrogens (primary N) is 1. The number of hydrogen-bond donors (Lipinski definition) is 1. The van der Waals surface area contributed by atoms with Gasteiger partial charge in [-0.05, 0) is 40.6 Å². The number of benzene rings is 1. The number of ether oxygens (including phenoxy) is 1. The van der Waals surface area contributed by atoms with Gasteiger partial charge in [0.1, 0.15) is 0 Å². The molecule has 5 nitrogen and oxygen atoms in total. The van der Waals surface area contributed by atoms with Crippen molar-refractivity contribution in [2.24, 2.45) is 0 Å². The molecule has 0 spiro atoms. The van der Waals surface area contributed by atoms with Gasteiger partial charge >= 0.3 is 5.97 Å². The van der Waals surface area contributed by atoms with Crippen LogP contribution in [-0.2, 0) is 16.1 Å². The molecule has 2 aromatic rings. The fourth-order valence-electron chi connectivity index (χ4n) is 1.78. The van der Waals surface area contributed by atoms with Crippen LogP contribution in [0.2, 0.25) is 5.02 Å². The van der Waals surface area contributed by atoms with E-state index in [1.165, 1.54) is 17.0 Å². The van der Waals surface area contributed by atoms with Crippen molar-refractivity contribution in [3.63, 3.8) is 0 Å². The standard InChI is InChI=1S/C15H15ClN2O3S/c1-18(7-10-4-5-22-9-10)14(19)8-21-15(20)12-3-2-11(16)6-13(12)17/h2-6,9H,7-8,17H2,1H3. The van der Waals surface area contributed by atoms with Crippen LogP contribution in [-0.4, -0.2) is 30.4 Å². The summed E-state index contributed by atoms with van der Waals surface area (Å²) in [5.74, 6) is -0.932. The first-order valence-electron chi connectivity index (χ1n) is 6.44. The van der Waals surface area contributed by atoms with Crippen molar-refractivity contribution in [3.8, 4) is 0 Å². The minimum atomic E-state index is -0.647. The van der Waals surface area contributed by atoms with E-state index in [9.17, 15) is 9.59 Å². The van der Waals surface area contributed by atoms with Gasteiger partial charge in [0.15, 0.2) is 6.61 Å². The fourth-order valence-corrected chi connectivity index (χ4v) is 2.62. The SMILES string of the molecule is CN(Cc1ccsc1)C(=O)COC(=O)c1ccc(Cl)cc1N. The number of halogens is 1. The maximum absolute atomic E-state index is 11.9. The lowest BCUT2D eigenvalue weighted by atomic mass is 10.2. The third-order valence-electron chi connectivity index (χ3n) is 2.99. The molecule has 0 saturated heterocycles. The zero-order chi connectivity index (χ0) is 16.1. The molecule has 1 heterocycles. The summed E-state index contributed by atoms with van der Waals surface area (Å²) < 4.78 is 5.00. The summed E-state index contributed by atoms with van der Waals surface area (Å²) in [6.45, 7) is 0.143. The smallest absolute Gasteiger partial charge is 0.340 e. The Bertz CT molecular complexity index is 673. The molecule has 1 aromatic carbocycles. The van der Waals surface area contributed by atoms with Gasteiger partial charge < -0.3 is 15.4 Å². The Labute approximate surface area is 137 Å². The van der Waals surface area contributed by atoms with Crippen LogP contribution in [0.5, 0.6) is 0 Å². The average Bonchev–Trinajstić information content (AvgIpc) is 2.97. The minimum Gasteiger partial charge on any atom is -0.452 e. The van der Waals surface area contributed by atoms with Crippen molar-refractivity contribution < 1.29 is 14.3 Å². The fraction of sp³-hybridized carbons (Fsp3) is 0.200. The number of likely N-dealkylation sites (N-methyl/N-ethyl adjacent to an activating group) is 1. The highest BCUT2D eigenvalue weighted by Crippen LogP contribution is 2.18. The van der Waals surface area contributed by atoms with Crippen LogP contribution in [0.3, 0.4) is 0 Å². The maximum Gasteiger partial charge on any atom is 0.340 e. The number of amides is 1. The van der Waals surface area contributed by atoms with E-state index in [0.29, 0.717) is 11.6 Å². The van der Waals surface area contributed by atoms with Crippen molar-refractivity contribution >= 4 is 40.5 Å². The van der Waals surface area contributed by atoms with Gasteiger partial charge in [0, 0.05) is 24.3 Å². The lowest BCUT2D eigenvalue weighted by molar-refractivity contribution is -0.133. The van der Waals surface area contributed by atoms with Crippen LogP contribution >= 0.6 is 22.9 Å². The predicted molar refractivity (Wildman–Crippen MR) is 86.9 cm³/mol. The van der Waals surface area contributed by atoms with Gasteiger partial charge in [-0.3, -0.25) is 4.79 Å². The Morgan fingerprint density at radius 2 is 2.14 bits per heavy atom. The Balaban J connectivity index is 1.88. The molecule has 22 heavy (non-hydrogen) atoms. The van der Waals surface area contributed by atoms with Crippen LogP contribution in [0.4, 0.5) is 5.69 Å². The Morgan fingerprint density at radius 3 is 2.77 bits per heavy atom. The predicted octanol–water partition coefficient (Wildman–Crippen LogP) is 2.80. The van der Waals surface area contributed by atoms with E-state index in [-0.39, 0.29) is 23.8 Å². The van der Waals surface area contributed by atoms with E-state index < -0.39 is 5.97 Å². The van der Waals surface area contributed by atoms with Gasteiger partial charge in [0.25, 0.3) is 5.91 Å². The lowest BCUT2D eigenvalue weighted by Gasteiger charge is -2.16. The summed E-state index contributed by atoms with van der Waals surface area (Å²) in [4.78, 5) is 25.4. The van der Waals surface area contributed by atoms with Crippen molar-refractivity contribution in [1.29, 1.82) is 0 Å². The van der Waals surface area contributed by atoms with Crippen LogP contribution in [0.15, 0.2) is 35.0 Å². The van der Waals surface area contributed by atoms with E-state index in [4.69, 9.17) is 22.1 Å². The number of anilines is 1. The summed E-state index contributed by atoms with van der Waals surface area (Å²) in [5.41, 5.74) is 7.15. The molecule has 1 aromatic heterocycles. The van der Waals surface area contributed by atoms with Gasteiger partial charge in [-0.1, -0.05) is 11.6 Å². The number of hydrogen-bond acceptors (Lipinski definition) is 5. The van der Waals surface area contributed by atoms with E-state index in [0.717, 1.165) is 5.56 Å². The molecule has 7 heteroatoms. The molecule has 0 bridgehead atoms. The second-order valence-corrected chi connectivity index (χ2v) is 5.91. The molecule has 1 amide bonds. The van der Waals surface area contributed by atoms with Crippen molar-refractivity contribution in [2.75, 3.05) is 19.4 Å². The number of nitrogens with zero attached hydrogens (tertiary/aromatic N) is 1. The highest BCUT2D eigenvalue weighted by atomic mass is 35.5. The Morgan fingerprint density at radius 1 is 1.36 bits per heavy atom. The van der Waals surface area contributed by atoms with E-state index in [2.05, 4.69) is 0 Å². The van der Waals surface area contributed by atoms with E-state index in [1.807, 2.05) is 16.8 Å². The second kappa shape index (κ2) is 7.29.